The Balaban J connectivity index is 2.13. The van der Waals surface area contributed by atoms with E-state index in [1.165, 1.54) is 30.1 Å². The van der Waals surface area contributed by atoms with E-state index in [0.717, 1.165) is 16.8 Å². The highest BCUT2D eigenvalue weighted by Crippen LogP contribution is 2.26. The first kappa shape index (κ1) is 20.9. The number of nitrogens with zero attached hydrogens (tertiary/aromatic N) is 2. The van der Waals surface area contributed by atoms with E-state index in [1.54, 1.807) is 0 Å². The van der Waals surface area contributed by atoms with Crippen molar-refractivity contribution >= 4 is 28.9 Å². The maximum atomic E-state index is 12.6. The van der Waals surface area contributed by atoms with Gasteiger partial charge in [0, 0.05) is 30.9 Å². The number of nitro groups is 1. The summed E-state index contributed by atoms with van der Waals surface area (Å²) >= 11 is 0. The molecule has 2 aromatic carbocycles. The molecule has 0 radical (unpaired) electrons. The summed E-state index contributed by atoms with van der Waals surface area (Å²) in [6.45, 7) is 5.96. The van der Waals surface area contributed by atoms with Crippen LogP contribution in [0.15, 0.2) is 36.4 Å². The summed E-state index contributed by atoms with van der Waals surface area (Å²) < 4.78 is 0. The summed E-state index contributed by atoms with van der Waals surface area (Å²) in [6.07, 6.45) is 0. The molecule has 0 saturated carbocycles. The van der Waals surface area contributed by atoms with Crippen molar-refractivity contribution in [1.82, 2.24) is 4.90 Å². The molecule has 2 aromatic rings. The first-order valence-electron chi connectivity index (χ1n) is 8.88. The molecule has 148 valence electrons. The predicted octanol–water partition coefficient (Wildman–Crippen LogP) is 3.35. The predicted molar refractivity (Wildman–Crippen MR) is 109 cm³/mol. The van der Waals surface area contributed by atoms with Gasteiger partial charge >= 0.3 is 0 Å². The summed E-state index contributed by atoms with van der Waals surface area (Å²) in [6, 6.07) is 9.91. The fourth-order valence-electron chi connectivity index (χ4n) is 2.85. The van der Waals surface area contributed by atoms with Gasteiger partial charge in [-0.05, 0) is 44.0 Å². The lowest BCUT2D eigenvalue weighted by Crippen LogP contribution is -2.35. The number of nitro benzene ring substituents is 1. The van der Waals surface area contributed by atoms with Crippen molar-refractivity contribution in [3.05, 3.63) is 63.2 Å². The zero-order valence-electron chi connectivity index (χ0n) is 16.4. The van der Waals surface area contributed by atoms with E-state index in [2.05, 4.69) is 10.6 Å². The summed E-state index contributed by atoms with van der Waals surface area (Å²) in [5.74, 6) is -0.810. The Morgan fingerprint density at radius 3 is 2.36 bits per heavy atom. The number of likely N-dealkylation sites (N-methyl/N-ethyl adjacent to an activating group) is 1. The Kier molecular flexibility index (Phi) is 6.70. The molecule has 0 aliphatic carbocycles. The van der Waals surface area contributed by atoms with Crippen LogP contribution in [0, 0.1) is 24.0 Å². The third-order valence-electron chi connectivity index (χ3n) is 4.28. The highest BCUT2D eigenvalue weighted by atomic mass is 16.6. The van der Waals surface area contributed by atoms with Crippen molar-refractivity contribution in [2.75, 3.05) is 30.8 Å². The number of carbonyl (C=O) groups excluding carboxylic acids is 2. The molecular formula is C20H24N4O4. The summed E-state index contributed by atoms with van der Waals surface area (Å²) in [7, 11) is 1.48. The molecule has 0 atom stereocenters. The first-order valence-corrected chi connectivity index (χ1v) is 8.88. The molecule has 0 aliphatic heterocycles. The molecule has 28 heavy (non-hydrogen) atoms. The number of hydrogen-bond acceptors (Lipinski definition) is 5. The Morgan fingerprint density at radius 2 is 1.79 bits per heavy atom. The molecule has 0 fully saturated rings. The molecule has 0 unspecified atom stereocenters. The molecule has 2 rings (SSSR count). The number of carbonyl (C=O) groups is 2. The van der Waals surface area contributed by atoms with Gasteiger partial charge in [0.15, 0.2) is 0 Å². The second-order valence-corrected chi connectivity index (χ2v) is 6.50. The Hall–Kier alpha value is -3.42. The van der Waals surface area contributed by atoms with Crippen molar-refractivity contribution in [3.8, 4) is 0 Å². The van der Waals surface area contributed by atoms with Gasteiger partial charge in [0.2, 0.25) is 5.91 Å². The van der Waals surface area contributed by atoms with Crippen molar-refractivity contribution in [2.24, 2.45) is 0 Å². The number of para-hydroxylation sites is 1. The van der Waals surface area contributed by atoms with Gasteiger partial charge in [-0.25, -0.2) is 0 Å². The van der Waals surface area contributed by atoms with E-state index in [4.69, 9.17) is 0 Å². The lowest BCUT2D eigenvalue weighted by Gasteiger charge is -2.18. The number of amides is 2. The topological polar surface area (TPSA) is 105 Å². The third-order valence-corrected chi connectivity index (χ3v) is 4.28. The van der Waals surface area contributed by atoms with Gasteiger partial charge in [0.05, 0.1) is 11.5 Å². The van der Waals surface area contributed by atoms with Gasteiger partial charge < -0.3 is 15.5 Å². The molecule has 8 nitrogen and oxygen atoms in total. The largest absolute Gasteiger partial charge is 0.380 e. The Bertz CT molecular complexity index is 891. The van der Waals surface area contributed by atoms with Crippen molar-refractivity contribution < 1.29 is 14.5 Å². The molecule has 8 heteroatoms. The summed E-state index contributed by atoms with van der Waals surface area (Å²) in [5, 5.41) is 17.0. The van der Waals surface area contributed by atoms with Crippen molar-refractivity contribution in [3.63, 3.8) is 0 Å². The van der Waals surface area contributed by atoms with Crippen LogP contribution in [-0.2, 0) is 4.79 Å². The molecule has 2 amide bonds. The minimum absolute atomic E-state index is 0.149. The lowest BCUT2D eigenvalue weighted by atomic mass is 10.1. The number of aryl methyl sites for hydroxylation is 2. The van der Waals surface area contributed by atoms with Gasteiger partial charge in [-0.2, -0.15) is 0 Å². The van der Waals surface area contributed by atoms with E-state index in [1.807, 2.05) is 39.0 Å². The van der Waals surface area contributed by atoms with E-state index >= 15 is 0 Å². The maximum absolute atomic E-state index is 12.6. The standard InChI is InChI=1S/C20H24N4O4/c1-5-21-16-10-9-15(11-17(16)24(27)28)20(26)23(4)12-18(25)22-19-13(2)7-6-8-14(19)3/h6-11,21H,5,12H2,1-4H3,(H,22,25). The zero-order valence-corrected chi connectivity index (χ0v) is 16.4. The van der Waals surface area contributed by atoms with E-state index in [-0.39, 0.29) is 23.7 Å². The van der Waals surface area contributed by atoms with E-state index in [9.17, 15) is 19.7 Å². The van der Waals surface area contributed by atoms with Crippen LogP contribution in [0.5, 0.6) is 0 Å². The minimum atomic E-state index is -0.539. The van der Waals surface area contributed by atoms with Crippen LogP contribution in [0.1, 0.15) is 28.4 Å². The zero-order chi connectivity index (χ0) is 20.8. The van der Waals surface area contributed by atoms with Gasteiger partial charge in [-0.1, -0.05) is 18.2 Å². The Morgan fingerprint density at radius 1 is 1.14 bits per heavy atom. The smallest absolute Gasteiger partial charge is 0.293 e. The van der Waals surface area contributed by atoms with Crippen molar-refractivity contribution in [1.29, 1.82) is 0 Å². The number of rotatable bonds is 7. The quantitative estimate of drug-likeness (QED) is 0.563. The normalized spacial score (nSPS) is 10.3. The Labute approximate surface area is 163 Å². The number of benzene rings is 2. The fraction of sp³-hybridized carbons (Fsp3) is 0.300. The molecule has 0 saturated heterocycles. The van der Waals surface area contributed by atoms with Crippen LogP contribution >= 0.6 is 0 Å². The van der Waals surface area contributed by atoms with Gasteiger partial charge in [0.1, 0.15) is 5.69 Å². The monoisotopic (exact) mass is 384 g/mol. The lowest BCUT2D eigenvalue weighted by molar-refractivity contribution is -0.384. The highest BCUT2D eigenvalue weighted by Gasteiger charge is 2.21. The number of hydrogen-bond donors (Lipinski definition) is 2. The van der Waals surface area contributed by atoms with Gasteiger partial charge in [-0.15, -0.1) is 0 Å². The van der Waals surface area contributed by atoms with Gasteiger partial charge in [0.25, 0.3) is 11.6 Å². The minimum Gasteiger partial charge on any atom is -0.380 e. The van der Waals surface area contributed by atoms with Crippen LogP contribution in [0.3, 0.4) is 0 Å². The number of anilines is 2. The molecule has 0 aliphatic rings. The highest BCUT2D eigenvalue weighted by molar-refractivity contribution is 6.00. The average Bonchev–Trinajstić information content (AvgIpc) is 2.64. The van der Waals surface area contributed by atoms with Crippen LogP contribution < -0.4 is 10.6 Å². The molecule has 0 aromatic heterocycles. The summed E-state index contributed by atoms with van der Waals surface area (Å²) in [4.78, 5) is 36.9. The van der Waals surface area contributed by atoms with Gasteiger partial charge in [-0.3, -0.25) is 19.7 Å². The van der Waals surface area contributed by atoms with E-state index < -0.39 is 10.8 Å². The maximum Gasteiger partial charge on any atom is 0.293 e. The second-order valence-electron chi connectivity index (χ2n) is 6.50. The SMILES string of the molecule is CCNc1ccc(C(=O)N(C)CC(=O)Nc2c(C)cccc2C)cc1[N+](=O)[O-]. The molecule has 2 N–H and O–H groups in total. The van der Waals surface area contributed by atoms with Crippen LogP contribution in [0.2, 0.25) is 0 Å². The molecule has 0 heterocycles. The van der Waals surface area contributed by atoms with Crippen LogP contribution in [0.4, 0.5) is 17.1 Å². The first-order chi connectivity index (χ1) is 13.2. The molecule has 0 spiro atoms. The fourth-order valence-corrected chi connectivity index (χ4v) is 2.85. The molecule has 0 bridgehead atoms. The van der Waals surface area contributed by atoms with E-state index in [0.29, 0.717) is 12.2 Å². The third kappa shape index (κ3) is 4.85. The van der Waals surface area contributed by atoms with Crippen LogP contribution in [0.25, 0.3) is 0 Å². The average molecular weight is 384 g/mol. The second kappa shape index (κ2) is 8.98. The van der Waals surface area contributed by atoms with Crippen LogP contribution in [-0.4, -0.2) is 41.8 Å². The van der Waals surface area contributed by atoms with Crippen molar-refractivity contribution in [2.45, 2.75) is 20.8 Å². The summed E-state index contributed by atoms with van der Waals surface area (Å²) in [5.41, 5.74) is 2.89. The number of nitrogens with one attached hydrogen (secondary N) is 2. The molecular weight excluding hydrogens is 360 g/mol.